The summed E-state index contributed by atoms with van der Waals surface area (Å²) < 4.78 is 5.51. The third kappa shape index (κ3) is 5.21. The molecule has 1 aromatic carbocycles. The normalized spacial score (nSPS) is 15.1. The van der Waals surface area contributed by atoms with E-state index >= 15 is 0 Å². The van der Waals surface area contributed by atoms with Gasteiger partial charge in [0, 0.05) is 23.6 Å². The number of aliphatic carboxylic acids is 1. The quantitative estimate of drug-likeness (QED) is 0.340. The molecule has 2 heterocycles. The number of hydrogen-bond acceptors (Lipinski definition) is 5. The molecular weight excluding hydrogens is 412 g/mol. The van der Waals surface area contributed by atoms with E-state index < -0.39 is 5.97 Å². The lowest BCUT2D eigenvalue weighted by Gasteiger charge is -2.23. The highest BCUT2D eigenvalue weighted by Crippen LogP contribution is 2.51. The monoisotopic (exact) mass is 440 g/mol. The Morgan fingerprint density at radius 1 is 1.19 bits per heavy atom. The molecule has 0 bridgehead atoms. The number of carbonyl (C=O) groups is 2. The van der Waals surface area contributed by atoms with Gasteiger partial charge in [0.15, 0.2) is 11.5 Å². The Bertz CT molecular complexity index is 986. The molecule has 1 aliphatic heterocycles. The van der Waals surface area contributed by atoms with Crippen molar-refractivity contribution in [2.24, 2.45) is 0 Å². The number of carboxylic acid groups (broad SMARTS) is 1. The number of pyridine rings is 1. The number of aromatic nitrogens is 1. The van der Waals surface area contributed by atoms with Crippen molar-refractivity contribution in [3.63, 3.8) is 0 Å². The lowest BCUT2D eigenvalue weighted by molar-refractivity contribution is -0.136. The van der Waals surface area contributed by atoms with Crippen LogP contribution in [-0.4, -0.2) is 33.8 Å². The Morgan fingerprint density at radius 3 is 2.74 bits per heavy atom. The fourth-order valence-corrected chi connectivity index (χ4v) is 4.97. The van der Waals surface area contributed by atoms with Gasteiger partial charge in [0.2, 0.25) is 0 Å². The number of thioether (sulfide) groups is 1. The molecule has 0 spiro atoms. The predicted octanol–water partition coefficient (Wildman–Crippen LogP) is 5.44. The molecule has 31 heavy (non-hydrogen) atoms. The van der Waals surface area contributed by atoms with Gasteiger partial charge in [-0.15, -0.1) is 11.8 Å². The summed E-state index contributed by atoms with van der Waals surface area (Å²) in [5.74, 6) is 1.54. The van der Waals surface area contributed by atoms with Crippen molar-refractivity contribution in [1.29, 1.82) is 0 Å². The number of ether oxygens (including phenoxy) is 1. The highest BCUT2D eigenvalue weighted by Gasteiger charge is 2.28. The van der Waals surface area contributed by atoms with Gasteiger partial charge in [0.1, 0.15) is 5.03 Å². The average molecular weight is 441 g/mol. The SMILES string of the molecule is CCCSc1nc(-c2ccc3c(c2CCC(=O)O)O3)ccc1C(=O)NC1CCCCC1. The molecule has 1 fully saturated rings. The fraction of sp³-hybridized carbons (Fsp3) is 0.458. The van der Waals surface area contributed by atoms with Crippen LogP contribution >= 0.6 is 11.8 Å². The van der Waals surface area contributed by atoms with Gasteiger partial charge in [-0.3, -0.25) is 9.59 Å². The van der Waals surface area contributed by atoms with E-state index in [0.29, 0.717) is 12.0 Å². The Balaban J connectivity index is 1.62. The van der Waals surface area contributed by atoms with Crippen LogP contribution in [0.1, 0.15) is 67.8 Å². The summed E-state index contributed by atoms with van der Waals surface area (Å²) in [7, 11) is 0. The van der Waals surface area contributed by atoms with Crippen molar-refractivity contribution in [1.82, 2.24) is 10.3 Å². The summed E-state index contributed by atoms with van der Waals surface area (Å²) in [6, 6.07) is 7.78. The summed E-state index contributed by atoms with van der Waals surface area (Å²) in [4.78, 5) is 28.9. The summed E-state index contributed by atoms with van der Waals surface area (Å²) in [6.45, 7) is 2.10. The standard InChI is InChI=1S/C24H28N2O4S/c1-2-14-31-24-18(23(29)25-15-6-4-3-5-7-15)8-11-19(26-24)16-9-12-20-22(30-20)17(16)10-13-21(27)28/h8-9,11-12,15H,2-7,10,13-14H2,1H3,(H,25,29)(H,27,28). The zero-order valence-electron chi connectivity index (χ0n) is 17.8. The third-order valence-corrected chi connectivity index (χ3v) is 6.94. The summed E-state index contributed by atoms with van der Waals surface area (Å²) in [6.07, 6.45) is 7.06. The van der Waals surface area contributed by atoms with Crippen molar-refractivity contribution >= 4 is 23.6 Å². The van der Waals surface area contributed by atoms with Crippen LogP contribution in [0.15, 0.2) is 29.3 Å². The topological polar surface area (TPSA) is 91.8 Å². The summed E-state index contributed by atoms with van der Waals surface area (Å²) >= 11 is 1.59. The summed E-state index contributed by atoms with van der Waals surface area (Å²) in [5, 5.41) is 13.0. The smallest absolute Gasteiger partial charge is 0.303 e. The molecule has 2 aliphatic rings. The number of nitrogens with zero attached hydrogens (tertiary/aromatic N) is 1. The van der Waals surface area contributed by atoms with E-state index in [-0.39, 0.29) is 18.4 Å². The second-order valence-corrected chi connectivity index (χ2v) is 9.20. The Labute approximate surface area is 186 Å². The molecule has 4 rings (SSSR count). The number of carbonyl (C=O) groups excluding carboxylic acids is 1. The second-order valence-electron chi connectivity index (χ2n) is 8.12. The van der Waals surface area contributed by atoms with Crippen LogP contribution in [0.3, 0.4) is 0 Å². The molecule has 2 N–H and O–H groups in total. The van der Waals surface area contributed by atoms with Gasteiger partial charge in [0.05, 0.1) is 11.3 Å². The first kappa shape index (κ1) is 21.7. The van der Waals surface area contributed by atoms with E-state index in [0.717, 1.165) is 58.4 Å². The van der Waals surface area contributed by atoms with E-state index in [1.807, 2.05) is 24.3 Å². The van der Waals surface area contributed by atoms with Crippen LogP contribution in [0.4, 0.5) is 0 Å². The fourth-order valence-electron chi connectivity index (χ4n) is 4.09. The van der Waals surface area contributed by atoms with Crippen LogP contribution < -0.4 is 10.1 Å². The number of hydrogen-bond donors (Lipinski definition) is 2. The number of benzene rings is 1. The number of carboxylic acids is 1. The summed E-state index contributed by atoms with van der Waals surface area (Å²) in [5.41, 5.74) is 3.10. The van der Waals surface area contributed by atoms with Gasteiger partial charge in [-0.25, -0.2) is 4.98 Å². The molecule has 0 atom stereocenters. The molecule has 0 unspecified atom stereocenters. The molecule has 164 valence electrons. The molecule has 6 nitrogen and oxygen atoms in total. The van der Waals surface area contributed by atoms with E-state index in [2.05, 4.69) is 12.2 Å². The average Bonchev–Trinajstić information content (AvgIpc) is 3.56. The highest BCUT2D eigenvalue weighted by molar-refractivity contribution is 7.99. The van der Waals surface area contributed by atoms with Crippen molar-refractivity contribution < 1.29 is 19.4 Å². The second kappa shape index (κ2) is 9.73. The lowest BCUT2D eigenvalue weighted by Crippen LogP contribution is -2.36. The van der Waals surface area contributed by atoms with E-state index in [4.69, 9.17) is 14.8 Å². The molecule has 0 saturated heterocycles. The van der Waals surface area contributed by atoms with Crippen molar-refractivity contribution in [3.05, 3.63) is 35.4 Å². The first-order valence-corrected chi connectivity index (χ1v) is 12.1. The van der Waals surface area contributed by atoms with Crippen LogP contribution in [0.5, 0.6) is 11.5 Å². The maximum absolute atomic E-state index is 13.0. The lowest BCUT2D eigenvalue weighted by atomic mass is 9.95. The molecule has 1 aliphatic carbocycles. The third-order valence-electron chi connectivity index (χ3n) is 5.75. The molecule has 2 aromatic rings. The van der Waals surface area contributed by atoms with Crippen LogP contribution in [0, 0.1) is 0 Å². The molecular formula is C24H28N2O4S. The maximum Gasteiger partial charge on any atom is 0.303 e. The van der Waals surface area contributed by atoms with Crippen molar-refractivity contribution in [3.8, 4) is 22.8 Å². The van der Waals surface area contributed by atoms with Gasteiger partial charge < -0.3 is 15.2 Å². The van der Waals surface area contributed by atoms with Crippen molar-refractivity contribution in [2.45, 2.75) is 69.4 Å². The van der Waals surface area contributed by atoms with E-state index in [9.17, 15) is 9.59 Å². The van der Waals surface area contributed by atoms with E-state index in [1.165, 1.54) is 19.3 Å². The van der Waals surface area contributed by atoms with Gasteiger partial charge in [-0.1, -0.05) is 26.2 Å². The van der Waals surface area contributed by atoms with Crippen LogP contribution in [0.25, 0.3) is 11.3 Å². The van der Waals surface area contributed by atoms with Gasteiger partial charge in [-0.2, -0.15) is 0 Å². The minimum atomic E-state index is -0.842. The van der Waals surface area contributed by atoms with Gasteiger partial charge in [-0.05, 0) is 55.7 Å². The number of fused-ring (bicyclic) bond motifs is 1. The molecule has 1 aromatic heterocycles. The van der Waals surface area contributed by atoms with Gasteiger partial charge >= 0.3 is 5.97 Å². The van der Waals surface area contributed by atoms with Gasteiger partial charge in [0.25, 0.3) is 5.91 Å². The molecule has 0 radical (unpaired) electrons. The van der Waals surface area contributed by atoms with Crippen molar-refractivity contribution in [2.75, 3.05) is 5.75 Å². The zero-order chi connectivity index (χ0) is 21.8. The highest BCUT2D eigenvalue weighted by atomic mass is 32.2. The Kier molecular flexibility index (Phi) is 6.80. The maximum atomic E-state index is 13.0. The van der Waals surface area contributed by atoms with Crippen LogP contribution in [-0.2, 0) is 11.2 Å². The first-order chi connectivity index (χ1) is 15.1. The minimum absolute atomic E-state index is 0.0339. The number of rotatable bonds is 9. The molecule has 1 amide bonds. The molecule has 7 heteroatoms. The first-order valence-electron chi connectivity index (χ1n) is 11.1. The largest absolute Gasteiger partial charge is 0.481 e. The minimum Gasteiger partial charge on any atom is -0.481 e. The Morgan fingerprint density at radius 2 is 2.00 bits per heavy atom. The van der Waals surface area contributed by atoms with E-state index in [1.54, 1.807) is 11.8 Å². The number of amides is 1. The number of nitrogens with one attached hydrogen (secondary N) is 1. The zero-order valence-corrected chi connectivity index (χ0v) is 18.6. The molecule has 1 saturated carbocycles. The Hall–Kier alpha value is -2.54. The van der Waals surface area contributed by atoms with Crippen LogP contribution in [0.2, 0.25) is 0 Å². The predicted molar refractivity (Wildman–Crippen MR) is 121 cm³/mol.